The average molecular weight is 671 g/mol. The summed E-state index contributed by atoms with van der Waals surface area (Å²) in [7, 11) is -5.18. The lowest BCUT2D eigenvalue weighted by molar-refractivity contribution is -0.161. The van der Waals surface area contributed by atoms with Crippen molar-refractivity contribution in [3.05, 3.63) is 45.3 Å². The van der Waals surface area contributed by atoms with Crippen molar-refractivity contribution in [2.24, 2.45) is 5.16 Å². The highest BCUT2D eigenvalue weighted by Gasteiger charge is 2.54. The van der Waals surface area contributed by atoms with Crippen LogP contribution < -0.4 is 21.8 Å². The fourth-order valence-corrected chi connectivity index (χ4v) is 5.09. The number of carbonyl (C=O) groups is 4. The summed E-state index contributed by atoms with van der Waals surface area (Å²) in [6, 6.07) is -1.49. The Morgan fingerprint density at radius 1 is 1.24 bits per heavy atom. The average Bonchev–Trinajstić information content (AvgIpc) is 3.60. The summed E-state index contributed by atoms with van der Waals surface area (Å²) in [6.45, 7) is 1.57. The molecule has 45 heavy (non-hydrogen) atoms. The van der Waals surface area contributed by atoms with Gasteiger partial charge in [-0.25, -0.2) is 14.1 Å². The highest BCUT2D eigenvalue weighted by molar-refractivity contribution is 7.84. The van der Waals surface area contributed by atoms with Gasteiger partial charge >= 0.3 is 16.3 Å². The van der Waals surface area contributed by atoms with E-state index in [1.165, 1.54) is 5.38 Å². The number of nitrogens with one attached hydrogen (secondary N) is 2. The predicted octanol–water partition coefficient (Wildman–Crippen LogP) is -2.00. The topological polar surface area (TPSA) is 319 Å². The summed E-state index contributed by atoms with van der Waals surface area (Å²) in [5, 5.41) is 41.3. The van der Waals surface area contributed by atoms with E-state index in [-0.39, 0.29) is 26.6 Å². The Kier molecular flexibility index (Phi) is 8.53. The molecule has 1 aliphatic heterocycles. The number of rotatable bonds is 11. The smallest absolute Gasteiger partial charge is 0.362 e. The quantitative estimate of drug-likeness (QED) is 0.0381. The van der Waals surface area contributed by atoms with Crippen LogP contribution in [0.3, 0.4) is 0 Å². The maximum absolute atomic E-state index is 13.2. The first-order valence-electron chi connectivity index (χ1n) is 12.1. The van der Waals surface area contributed by atoms with E-state index in [9.17, 15) is 52.4 Å². The molecule has 0 radical (unpaired) electrons. The summed E-state index contributed by atoms with van der Waals surface area (Å²) in [5.74, 6) is -6.00. The number of aliphatic carboxylic acids is 1. The Bertz CT molecular complexity index is 1900. The molecule has 1 aliphatic rings. The first-order valence-corrected chi connectivity index (χ1v) is 14.4. The van der Waals surface area contributed by atoms with Crippen LogP contribution in [0, 0.1) is 0 Å². The van der Waals surface area contributed by atoms with E-state index in [0.29, 0.717) is 10.9 Å². The van der Waals surface area contributed by atoms with Crippen LogP contribution in [0.25, 0.3) is 11.5 Å². The highest BCUT2D eigenvalue weighted by atomic mass is 32.2. The molecule has 0 bridgehead atoms. The maximum atomic E-state index is 13.2. The molecule has 0 aromatic carbocycles. The van der Waals surface area contributed by atoms with Gasteiger partial charge in [-0.15, -0.1) is 11.3 Å². The molecule has 0 spiro atoms. The lowest BCUT2D eigenvalue weighted by Gasteiger charge is -2.44. The number of aromatic nitrogens is 3. The van der Waals surface area contributed by atoms with Crippen LogP contribution in [0.5, 0.6) is 5.75 Å². The molecule has 23 heteroatoms. The van der Waals surface area contributed by atoms with Crippen molar-refractivity contribution in [1.82, 2.24) is 29.8 Å². The normalized spacial score (nSPS) is 17.0. The van der Waals surface area contributed by atoms with E-state index in [4.69, 9.17) is 15.1 Å². The van der Waals surface area contributed by atoms with Crippen LogP contribution in [0.4, 0.5) is 5.13 Å². The van der Waals surface area contributed by atoms with Crippen molar-refractivity contribution < 1.29 is 56.9 Å². The zero-order valence-corrected chi connectivity index (χ0v) is 24.4. The number of pyridine rings is 1. The van der Waals surface area contributed by atoms with Crippen molar-refractivity contribution in [3.8, 4) is 17.2 Å². The van der Waals surface area contributed by atoms with Gasteiger partial charge in [0, 0.05) is 24.1 Å². The van der Waals surface area contributed by atoms with Crippen molar-refractivity contribution in [2.45, 2.75) is 31.5 Å². The molecule has 0 saturated carbocycles. The molecule has 1 saturated heterocycles. The molecule has 4 rings (SSSR count). The standard InChI is InChI=1S/C22H22N8O13S2/c1-22(2,20(36)37)43-28-15(9-7-44-21(23)25-9)18(34)26-16-11(30(19(16)35)45(39,40)41)5-24-17(33)8-3-14(42-27-8)10-4-12(31)13(32)6-29(10)38/h3-4,6-7,11,16,32,38H,5H2,1-2H3,(H2,23,25)(H,24,33)(H,26,34)(H,36,37)(H,39,40,41)/t11-,16-/m0/s1. The second-order valence-corrected chi connectivity index (χ2v) is 11.8. The van der Waals surface area contributed by atoms with Crippen LogP contribution in [0.1, 0.15) is 30.0 Å². The fraction of sp³-hybridized carbons (Fsp3) is 0.273. The van der Waals surface area contributed by atoms with Crippen LogP contribution in [0.2, 0.25) is 0 Å². The Morgan fingerprint density at radius 3 is 2.53 bits per heavy atom. The number of carbonyl (C=O) groups excluding carboxylic acids is 3. The number of carboxylic acids is 1. The molecule has 21 nitrogen and oxygen atoms in total. The van der Waals surface area contributed by atoms with E-state index in [0.717, 1.165) is 37.3 Å². The van der Waals surface area contributed by atoms with Crippen molar-refractivity contribution in [2.75, 3.05) is 12.3 Å². The van der Waals surface area contributed by atoms with Crippen LogP contribution in [-0.2, 0) is 29.5 Å². The minimum absolute atomic E-state index is 0.00492. The third-order valence-electron chi connectivity index (χ3n) is 6.04. The minimum atomic E-state index is -5.18. The maximum Gasteiger partial charge on any atom is 0.362 e. The molecular formula is C22H22N8O13S2. The fourth-order valence-electron chi connectivity index (χ4n) is 3.66. The van der Waals surface area contributed by atoms with E-state index in [1.54, 1.807) is 0 Å². The molecule has 3 amide bonds. The van der Waals surface area contributed by atoms with Crippen molar-refractivity contribution >= 4 is 56.2 Å². The largest absolute Gasteiger partial charge is 0.503 e. The van der Waals surface area contributed by atoms with Gasteiger partial charge in [-0.1, -0.05) is 10.3 Å². The Hall–Kier alpha value is -5.55. The molecular weight excluding hydrogens is 648 g/mol. The first kappa shape index (κ1) is 32.4. The first-order chi connectivity index (χ1) is 20.9. The van der Waals surface area contributed by atoms with Crippen molar-refractivity contribution in [1.29, 1.82) is 0 Å². The van der Waals surface area contributed by atoms with E-state index in [2.05, 4.69) is 25.9 Å². The SMILES string of the molecule is CC(C)(ON=C(C(=O)N[C@@H]1C(=O)N(S(=O)(=O)O)[C@H]1CNC(=O)c1cc(-c2cc(=O)c(O)cn2O)on1)c1csc(N)n1)C(=O)O. The predicted molar refractivity (Wildman–Crippen MR) is 147 cm³/mol. The summed E-state index contributed by atoms with van der Waals surface area (Å²) in [5.41, 5.74) is 1.28. The van der Waals surface area contributed by atoms with Gasteiger partial charge in [0.1, 0.15) is 17.4 Å². The number of hydrogen-bond acceptors (Lipinski definition) is 16. The number of thiazole rings is 1. The summed E-state index contributed by atoms with van der Waals surface area (Å²) in [6.07, 6.45) is 0.671. The molecule has 1 fully saturated rings. The third kappa shape index (κ3) is 6.68. The number of nitrogens with two attached hydrogens (primary N) is 1. The Morgan fingerprint density at radius 2 is 1.93 bits per heavy atom. The van der Waals surface area contributed by atoms with Gasteiger partial charge in [0.15, 0.2) is 28.0 Å². The van der Waals surface area contributed by atoms with E-state index >= 15 is 0 Å². The van der Waals surface area contributed by atoms with Gasteiger partial charge in [-0.05, 0) is 13.8 Å². The highest BCUT2D eigenvalue weighted by Crippen LogP contribution is 2.25. The number of anilines is 1. The van der Waals surface area contributed by atoms with Gasteiger partial charge in [0.2, 0.25) is 11.0 Å². The monoisotopic (exact) mass is 670 g/mol. The molecule has 4 heterocycles. The van der Waals surface area contributed by atoms with Gasteiger partial charge in [0.25, 0.3) is 17.7 Å². The number of β-lactam (4-membered cyclic amide) rings is 1. The lowest BCUT2D eigenvalue weighted by Crippen LogP contribution is -2.74. The van der Waals surface area contributed by atoms with Crippen LogP contribution in [0.15, 0.2) is 38.2 Å². The number of aromatic hydroxyl groups is 1. The molecule has 3 aromatic rings. The zero-order valence-electron chi connectivity index (χ0n) is 22.8. The van der Waals surface area contributed by atoms with Crippen LogP contribution >= 0.6 is 11.3 Å². The number of nitrogen functional groups attached to an aromatic ring is 1. The molecule has 0 aliphatic carbocycles. The molecule has 3 aromatic heterocycles. The van der Waals surface area contributed by atoms with Gasteiger partial charge < -0.3 is 41.1 Å². The lowest BCUT2D eigenvalue weighted by atomic mass is 9.98. The number of hydrogen-bond donors (Lipinski definition) is 7. The minimum Gasteiger partial charge on any atom is -0.503 e. The number of amides is 3. The van der Waals surface area contributed by atoms with Gasteiger partial charge in [0.05, 0.1) is 12.2 Å². The third-order valence-corrected chi connectivity index (χ3v) is 7.66. The summed E-state index contributed by atoms with van der Waals surface area (Å²) in [4.78, 5) is 70.5. The summed E-state index contributed by atoms with van der Waals surface area (Å²) >= 11 is 0.888. The molecule has 240 valence electrons. The second kappa shape index (κ2) is 11.9. The van der Waals surface area contributed by atoms with Gasteiger partial charge in [-0.2, -0.15) is 13.1 Å². The second-order valence-electron chi connectivity index (χ2n) is 9.59. The van der Waals surface area contributed by atoms with Crippen LogP contribution in [-0.4, -0.2) is 101 Å². The molecule has 8 N–H and O–H groups in total. The molecule has 0 unspecified atom stereocenters. The Balaban J connectivity index is 1.54. The summed E-state index contributed by atoms with van der Waals surface area (Å²) < 4.78 is 38.6. The molecule has 2 atom stereocenters. The van der Waals surface area contributed by atoms with E-state index < -0.39 is 80.8 Å². The van der Waals surface area contributed by atoms with Crippen molar-refractivity contribution in [3.63, 3.8) is 0 Å². The number of nitrogens with zero attached hydrogens (tertiary/aromatic N) is 5. The van der Waals surface area contributed by atoms with Gasteiger partial charge in [-0.3, -0.25) is 23.7 Å². The number of carboxylic acid groups (broad SMARTS) is 1. The number of oxime groups is 1. The van der Waals surface area contributed by atoms with E-state index in [1.807, 2.05) is 0 Å². The zero-order chi connectivity index (χ0) is 33.4. The Labute approximate surface area is 254 Å².